The highest BCUT2D eigenvalue weighted by Crippen LogP contribution is 2.34. The van der Waals surface area contributed by atoms with E-state index in [1.165, 1.54) is 9.71 Å². The number of hydrogen-bond acceptors (Lipinski definition) is 5. The van der Waals surface area contributed by atoms with Gasteiger partial charge in [-0.2, -0.15) is 0 Å². The molecule has 0 atom stereocenters. The summed E-state index contributed by atoms with van der Waals surface area (Å²) in [4.78, 5) is 24.4. The van der Waals surface area contributed by atoms with Crippen LogP contribution in [0.3, 0.4) is 0 Å². The molecule has 0 bridgehead atoms. The Labute approximate surface area is 167 Å². The number of thiazole rings is 1. The second-order valence-corrected chi connectivity index (χ2v) is 8.58. The molecule has 0 unspecified atom stereocenters. The number of likely N-dealkylation sites (tertiary alicyclic amines) is 1. The van der Waals surface area contributed by atoms with E-state index >= 15 is 0 Å². The quantitative estimate of drug-likeness (QED) is 0.531. The van der Waals surface area contributed by atoms with Crippen LogP contribution in [-0.4, -0.2) is 32.4 Å². The topological polar surface area (TPSA) is 50.5 Å². The van der Waals surface area contributed by atoms with Crippen molar-refractivity contribution in [2.45, 2.75) is 32.2 Å². The van der Waals surface area contributed by atoms with Gasteiger partial charge in [0.25, 0.3) is 5.56 Å². The maximum Gasteiger partial charge on any atom is 0.258 e. The van der Waals surface area contributed by atoms with Gasteiger partial charge in [-0.1, -0.05) is 18.2 Å². The highest BCUT2D eigenvalue weighted by Gasteiger charge is 2.23. The normalized spacial score (nSPS) is 16.2. The molecule has 0 saturated carbocycles. The van der Waals surface area contributed by atoms with Gasteiger partial charge >= 0.3 is 0 Å². The zero-order valence-corrected chi connectivity index (χ0v) is 16.7. The van der Waals surface area contributed by atoms with Crippen molar-refractivity contribution in [3.63, 3.8) is 0 Å². The summed E-state index contributed by atoms with van der Waals surface area (Å²) >= 11 is 1.83. The van der Waals surface area contributed by atoms with Gasteiger partial charge in [-0.25, -0.2) is 9.97 Å². The van der Waals surface area contributed by atoms with E-state index in [0.717, 1.165) is 55.0 Å². The lowest BCUT2D eigenvalue weighted by Crippen LogP contribution is -2.33. The van der Waals surface area contributed by atoms with Crippen molar-refractivity contribution in [2.24, 2.45) is 0 Å². The van der Waals surface area contributed by atoms with Crippen LogP contribution in [0.25, 0.3) is 15.9 Å². The third-order valence-electron chi connectivity index (χ3n) is 5.57. The third-order valence-corrected chi connectivity index (χ3v) is 6.76. The van der Waals surface area contributed by atoms with Gasteiger partial charge in [0.15, 0.2) is 0 Å². The summed E-state index contributed by atoms with van der Waals surface area (Å²) in [6.07, 6.45) is 2.21. The highest BCUT2D eigenvalue weighted by atomic mass is 32.1. The number of aromatic nitrogens is 3. The second-order valence-electron chi connectivity index (χ2n) is 7.52. The zero-order valence-electron chi connectivity index (χ0n) is 15.8. The van der Waals surface area contributed by atoms with Crippen LogP contribution in [0.15, 0.2) is 53.3 Å². The predicted molar refractivity (Wildman–Crippen MR) is 113 cm³/mol. The number of rotatable bonds is 3. The van der Waals surface area contributed by atoms with Crippen molar-refractivity contribution in [1.29, 1.82) is 0 Å². The lowest BCUT2D eigenvalue weighted by Gasteiger charge is -2.30. The molecule has 0 N–H and O–H groups in total. The number of piperidine rings is 1. The summed E-state index contributed by atoms with van der Waals surface area (Å²) in [6, 6.07) is 15.8. The van der Waals surface area contributed by atoms with Crippen LogP contribution in [0.4, 0.5) is 0 Å². The van der Waals surface area contributed by atoms with E-state index in [1.54, 1.807) is 10.5 Å². The standard InChI is InChI=1S/C22H22N4OS/c1-15-5-4-8-20-23-17(13-21(27)26(15)20)14-25-11-9-16(10-12-25)22-24-18-6-2-3-7-19(18)28-22/h2-8,13,16H,9-12,14H2,1H3. The van der Waals surface area contributed by atoms with Crippen molar-refractivity contribution in [3.05, 3.63) is 75.3 Å². The molecular formula is C22H22N4OS. The van der Waals surface area contributed by atoms with Gasteiger partial charge in [0.1, 0.15) is 5.65 Å². The van der Waals surface area contributed by atoms with E-state index < -0.39 is 0 Å². The van der Waals surface area contributed by atoms with Crippen molar-refractivity contribution in [3.8, 4) is 0 Å². The Bertz CT molecular complexity index is 1170. The monoisotopic (exact) mass is 390 g/mol. The SMILES string of the molecule is Cc1cccc2nc(CN3CCC(c4nc5ccccc5s4)CC3)cc(=O)n12. The van der Waals surface area contributed by atoms with Gasteiger partial charge < -0.3 is 0 Å². The van der Waals surface area contributed by atoms with Crippen LogP contribution in [0, 0.1) is 6.92 Å². The molecule has 0 amide bonds. The average molecular weight is 391 g/mol. The van der Waals surface area contributed by atoms with Crippen molar-refractivity contribution >= 4 is 27.2 Å². The first-order valence-corrected chi connectivity index (χ1v) is 10.6. The fourth-order valence-corrected chi connectivity index (χ4v) is 5.21. The lowest BCUT2D eigenvalue weighted by atomic mass is 9.97. The van der Waals surface area contributed by atoms with E-state index in [9.17, 15) is 4.79 Å². The van der Waals surface area contributed by atoms with Crippen LogP contribution in [0.5, 0.6) is 0 Å². The first-order valence-electron chi connectivity index (χ1n) is 9.73. The molecule has 28 heavy (non-hydrogen) atoms. The highest BCUT2D eigenvalue weighted by molar-refractivity contribution is 7.18. The lowest BCUT2D eigenvalue weighted by molar-refractivity contribution is 0.202. The summed E-state index contributed by atoms with van der Waals surface area (Å²) in [7, 11) is 0. The molecule has 4 heterocycles. The minimum Gasteiger partial charge on any atom is -0.297 e. The maximum absolute atomic E-state index is 12.5. The smallest absolute Gasteiger partial charge is 0.258 e. The number of aryl methyl sites for hydroxylation is 1. The largest absolute Gasteiger partial charge is 0.297 e. The molecule has 1 fully saturated rings. The van der Waals surface area contributed by atoms with Gasteiger partial charge in [0.2, 0.25) is 0 Å². The first kappa shape index (κ1) is 17.5. The molecule has 6 heteroatoms. The molecule has 4 aromatic rings. The average Bonchev–Trinajstić information content (AvgIpc) is 3.12. The van der Waals surface area contributed by atoms with Crippen LogP contribution in [0.1, 0.15) is 35.2 Å². The molecule has 3 aromatic heterocycles. The Morgan fingerprint density at radius 3 is 2.71 bits per heavy atom. The van der Waals surface area contributed by atoms with Crippen LogP contribution in [-0.2, 0) is 6.54 Å². The zero-order chi connectivity index (χ0) is 19.1. The van der Waals surface area contributed by atoms with Gasteiger partial charge in [-0.3, -0.25) is 14.1 Å². The summed E-state index contributed by atoms with van der Waals surface area (Å²) in [5, 5.41) is 1.26. The van der Waals surface area contributed by atoms with Crippen LogP contribution < -0.4 is 5.56 Å². The first-order chi connectivity index (χ1) is 13.7. The fourth-order valence-electron chi connectivity index (χ4n) is 4.08. The van der Waals surface area contributed by atoms with Gasteiger partial charge in [0, 0.05) is 24.2 Å². The Balaban J connectivity index is 1.30. The Kier molecular flexibility index (Phi) is 4.45. The van der Waals surface area contributed by atoms with E-state index in [2.05, 4.69) is 29.2 Å². The number of para-hydroxylation sites is 1. The molecule has 1 aliphatic heterocycles. The molecule has 5 nitrogen and oxygen atoms in total. The van der Waals surface area contributed by atoms with Gasteiger partial charge in [-0.15, -0.1) is 11.3 Å². The van der Waals surface area contributed by atoms with E-state index in [4.69, 9.17) is 9.97 Å². The number of hydrogen-bond donors (Lipinski definition) is 0. The number of nitrogens with zero attached hydrogens (tertiary/aromatic N) is 4. The third kappa shape index (κ3) is 3.23. The minimum atomic E-state index is 0.00228. The molecule has 5 rings (SSSR count). The van der Waals surface area contributed by atoms with E-state index in [0.29, 0.717) is 5.92 Å². The van der Waals surface area contributed by atoms with Crippen molar-refractivity contribution in [2.75, 3.05) is 13.1 Å². The van der Waals surface area contributed by atoms with Crippen molar-refractivity contribution < 1.29 is 0 Å². The fraction of sp³-hybridized carbons (Fsp3) is 0.318. The molecule has 0 spiro atoms. The number of benzene rings is 1. The maximum atomic E-state index is 12.5. The molecular weight excluding hydrogens is 368 g/mol. The van der Waals surface area contributed by atoms with E-state index in [1.807, 2.05) is 36.5 Å². The minimum absolute atomic E-state index is 0.00228. The molecule has 0 radical (unpaired) electrons. The molecule has 1 aromatic carbocycles. The molecule has 1 saturated heterocycles. The number of fused-ring (bicyclic) bond motifs is 2. The second kappa shape index (κ2) is 7.11. The molecule has 1 aliphatic rings. The Morgan fingerprint density at radius 2 is 1.89 bits per heavy atom. The summed E-state index contributed by atoms with van der Waals surface area (Å²) in [5.74, 6) is 0.534. The Morgan fingerprint density at radius 1 is 1.07 bits per heavy atom. The van der Waals surface area contributed by atoms with Crippen molar-refractivity contribution in [1.82, 2.24) is 19.3 Å². The molecule has 0 aliphatic carbocycles. The summed E-state index contributed by atoms with van der Waals surface area (Å²) < 4.78 is 2.94. The molecule has 142 valence electrons. The van der Waals surface area contributed by atoms with E-state index in [-0.39, 0.29) is 5.56 Å². The van der Waals surface area contributed by atoms with Gasteiger partial charge in [0.05, 0.1) is 20.9 Å². The Hall–Kier alpha value is -2.57. The van der Waals surface area contributed by atoms with Gasteiger partial charge in [-0.05, 0) is 57.1 Å². The summed E-state index contributed by atoms with van der Waals surface area (Å²) in [5.41, 5.74) is 3.61. The predicted octanol–water partition coefficient (Wildman–Crippen LogP) is 3.99. The van der Waals surface area contributed by atoms with Crippen LogP contribution >= 0.6 is 11.3 Å². The number of pyridine rings is 1. The summed E-state index contributed by atoms with van der Waals surface area (Å²) in [6.45, 7) is 4.68. The van der Waals surface area contributed by atoms with Crippen LogP contribution in [0.2, 0.25) is 0 Å².